The molecule has 2 nitrogen and oxygen atoms in total. The van der Waals surface area contributed by atoms with Crippen LogP contribution in [0.5, 0.6) is 5.75 Å². The molecule has 0 bridgehead atoms. The van der Waals surface area contributed by atoms with Crippen molar-refractivity contribution in [2.75, 3.05) is 0 Å². The van der Waals surface area contributed by atoms with E-state index < -0.39 is 0 Å². The molecular weight excluding hydrogens is 207 g/mol. The molecule has 0 amide bonds. The SMILES string of the molecule is C.C.CC(C)C.O=POc1ccccc1. The van der Waals surface area contributed by atoms with Gasteiger partial charge in [0, 0.05) is 0 Å². The van der Waals surface area contributed by atoms with Crippen LogP contribution in [0.1, 0.15) is 35.6 Å². The summed E-state index contributed by atoms with van der Waals surface area (Å²) in [7, 11) is -0.305. The molecule has 0 N–H and O–H groups in total. The second kappa shape index (κ2) is 13.1. The number of benzene rings is 1. The van der Waals surface area contributed by atoms with E-state index >= 15 is 0 Å². The van der Waals surface area contributed by atoms with Crippen LogP contribution in [0.3, 0.4) is 0 Å². The molecule has 0 atom stereocenters. The quantitative estimate of drug-likeness (QED) is 0.652. The maximum atomic E-state index is 9.85. The summed E-state index contributed by atoms with van der Waals surface area (Å²) >= 11 is 0. The van der Waals surface area contributed by atoms with Gasteiger partial charge in [-0.25, -0.2) is 4.57 Å². The van der Waals surface area contributed by atoms with Gasteiger partial charge >= 0.3 is 8.69 Å². The molecule has 1 aromatic carbocycles. The summed E-state index contributed by atoms with van der Waals surface area (Å²) in [5, 5.41) is 0. The molecule has 0 aliphatic rings. The zero-order valence-corrected chi connectivity index (χ0v) is 9.12. The lowest BCUT2D eigenvalue weighted by atomic mass is 10.3. The van der Waals surface area contributed by atoms with Crippen molar-refractivity contribution in [3.63, 3.8) is 0 Å². The topological polar surface area (TPSA) is 26.3 Å². The van der Waals surface area contributed by atoms with E-state index in [9.17, 15) is 4.57 Å². The molecule has 0 saturated carbocycles. The minimum Gasteiger partial charge on any atom is -0.408 e. The molecule has 0 aliphatic heterocycles. The van der Waals surface area contributed by atoms with Gasteiger partial charge in [0.2, 0.25) is 0 Å². The molecule has 0 spiro atoms. The molecule has 1 aromatic rings. The van der Waals surface area contributed by atoms with Crippen LogP contribution < -0.4 is 4.52 Å². The van der Waals surface area contributed by atoms with Crippen LogP contribution in [0, 0.1) is 5.92 Å². The average molecular weight is 230 g/mol. The Labute approximate surface area is 96.0 Å². The van der Waals surface area contributed by atoms with Crippen molar-refractivity contribution in [3.8, 4) is 5.75 Å². The first-order chi connectivity index (χ1) is 6.16. The lowest BCUT2D eigenvalue weighted by Crippen LogP contribution is -1.70. The summed E-state index contributed by atoms with van der Waals surface area (Å²) in [6.45, 7) is 6.50. The van der Waals surface area contributed by atoms with Crippen LogP contribution in [-0.4, -0.2) is 0 Å². The van der Waals surface area contributed by atoms with Gasteiger partial charge < -0.3 is 4.52 Å². The fraction of sp³-hybridized carbons (Fsp3) is 0.500. The minimum absolute atomic E-state index is 0. The Morgan fingerprint density at radius 3 is 1.80 bits per heavy atom. The molecule has 0 radical (unpaired) electrons. The van der Waals surface area contributed by atoms with E-state index in [-0.39, 0.29) is 23.5 Å². The molecule has 88 valence electrons. The molecular formula is C12H23O2P. The monoisotopic (exact) mass is 230 g/mol. The Balaban J connectivity index is -0.000000213. The molecule has 0 aromatic heterocycles. The smallest absolute Gasteiger partial charge is 0.395 e. The number of para-hydroxylation sites is 1. The maximum absolute atomic E-state index is 9.85. The van der Waals surface area contributed by atoms with Gasteiger partial charge in [-0.05, 0) is 18.1 Å². The minimum atomic E-state index is -0.305. The van der Waals surface area contributed by atoms with Gasteiger partial charge in [0.15, 0.2) is 0 Å². The van der Waals surface area contributed by atoms with Gasteiger partial charge in [0.25, 0.3) is 0 Å². The summed E-state index contributed by atoms with van der Waals surface area (Å²) in [5.41, 5.74) is 0. The Hall–Kier alpha value is -0.880. The zero-order valence-electron chi connectivity index (χ0n) is 8.23. The molecule has 0 fully saturated rings. The van der Waals surface area contributed by atoms with Crippen molar-refractivity contribution in [3.05, 3.63) is 30.3 Å². The van der Waals surface area contributed by atoms with Gasteiger partial charge in [0.05, 0.1) is 0 Å². The lowest BCUT2D eigenvalue weighted by molar-refractivity contribution is 0.525. The van der Waals surface area contributed by atoms with Crippen molar-refractivity contribution in [1.82, 2.24) is 0 Å². The van der Waals surface area contributed by atoms with Crippen LogP contribution >= 0.6 is 8.69 Å². The maximum Gasteiger partial charge on any atom is 0.395 e. The second-order valence-electron chi connectivity index (χ2n) is 3.21. The van der Waals surface area contributed by atoms with Crippen LogP contribution in [0.2, 0.25) is 0 Å². The van der Waals surface area contributed by atoms with E-state index in [4.69, 9.17) is 0 Å². The van der Waals surface area contributed by atoms with Crippen LogP contribution in [0.25, 0.3) is 0 Å². The van der Waals surface area contributed by atoms with Crippen molar-refractivity contribution in [1.29, 1.82) is 0 Å². The predicted octanol–water partition coefficient (Wildman–Crippen LogP) is 5.21. The van der Waals surface area contributed by atoms with E-state index in [0.29, 0.717) is 5.75 Å². The highest BCUT2D eigenvalue weighted by molar-refractivity contribution is 7.17. The van der Waals surface area contributed by atoms with Gasteiger partial charge in [-0.2, -0.15) is 0 Å². The van der Waals surface area contributed by atoms with Crippen LogP contribution in [0.15, 0.2) is 30.3 Å². The van der Waals surface area contributed by atoms with Crippen LogP contribution in [0.4, 0.5) is 0 Å². The fourth-order valence-corrected chi connectivity index (χ4v) is 0.732. The van der Waals surface area contributed by atoms with E-state index in [1.54, 1.807) is 12.1 Å². The first-order valence-corrected chi connectivity index (χ1v) is 4.94. The average Bonchev–Trinajstić information content (AvgIpc) is 2.06. The first kappa shape index (κ1) is 19.7. The number of hydrogen-bond donors (Lipinski definition) is 0. The van der Waals surface area contributed by atoms with Crippen LogP contribution in [-0.2, 0) is 4.57 Å². The Morgan fingerprint density at radius 2 is 1.47 bits per heavy atom. The number of rotatable bonds is 2. The van der Waals surface area contributed by atoms with E-state index in [2.05, 4.69) is 25.3 Å². The summed E-state index contributed by atoms with van der Waals surface area (Å²) in [6, 6.07) is 8.99. The Bertz CT molecular complexity index is 220. The summed E-state index contributed by atoms with van der Waals surface area (Å²) < 4.78 is 14.5. The van der Waals surface area contributed by atoms with E-state index in [1.165, 1.54) is 0 Å². The largest absolute Gasteiger partial charge is 0.408 e. The molecule has 15 heavy (non-hydrogen) atoms. The highest BCUT2D eigenvalue weighted by Crippen LogP contribution is 2.12. The van der Waals surface area contributed by atoms with Crippen molar-refractivity contribution in [2.45, 2.75) is 35.6 Å². The van der Waals surface area contributed by atoms with Gasteiger partial charge in [-0.15, -0.1) is 0 Å². The number of hydrogen-bond acceptors (Lipinski definition) is 2. The second-order valence-corrected chi connectivity index (χ2v) is 3.54. The molecule has 3 heteroatoms. The normalized spacial score (nSPS) is 8.00. The Morgan fingerprint density at radius 1 is 1.07 bits per heavy atom. The highest BCUT2D eigenvalue weighted by atomic mass is 31.1. The molecule has 0 heterocycles. The Kier molecular flexibility index (Phi) is 17.2. The highest BCUT2D eigenvalue weighted by Gasteiger charge is 1.85. The molecule has 0 aliphatic carbocycles. The zero-order chi connectivity index (χ0) is 10.1. The van der Waals surface area contributed by atoms with Crippen molar-refractivity contribution >= 4 is 8.69 Å². The third-order valence-electron chi connectivity index (χ3n) is 0.886. The van der Waals surface area contributed by atoms with Gasteiger partial charge in [-0.1, -0.05) is 53.8 Å². The summed E-state index contributed by atoms with van der Waals surface area (Å²) in [4.78, 5) is 0. The summed E-state index contributed by atoms with van der Waals surface area (Å²) in [6.07, 6.45) is 0. The third-order valence-corrected chi connectivity index (χ3v) is 1.17. The fourth-order valence-electron chi connectivity index (χ4n) is 0.524. The van der Waals surface area contributed by atoms with E-state index in [1.807, 2.05) is 18.2 Å². The lowest BCUT2D eigenvalue weighted by Gasteiger charge is -1.90. The van der Waals surface area contributed by atoms with Gasteiger partial charge in [-0.3, -0.25) is 0 Å². The standard InChI is InChI=1S/C6H5O2P.C4H10.2CH4/c7-9-8-6-4-2-1-3-5-6;1-4(2)3;;/h1-5H;4H,1-3H3;2*1H4. The van der Waals surface area contributed by atoms with E-state index in [0.717, 1.165) is 5.92 Å². The predicted molar refractivity (Wildman–Crippen MR) is 68.7 cm³/mol. The van der Waals surface area contributed by atoms with Crippen molar-refractivity contribution in [2.24, 2.45) is 5.92 Å². The molecule has 1 rings (SSSR count). The van der Waals surface area contributed by atoms with Crippen molar-refractivity contribution < 1.29 is 9.09 Å². The summed E-state index contributed by atoms with van der Waals surface area (Å²) in [5.74, 6) is 1.45. The first-order valence-electron chi connectivity index (χ1n) is 4.21. The third kappa shape index (κ3) is 15.8. The molecule has 0 saturated heterocycles. The molecule has 0 unspecified atom stereocenters. The van der Waals surface area contributed by atoms with Gasteiger partial charge in [0.1, 0.15) is 5.75 Å².